The Kier molecular flexibility index (Phi) is 6.43. The first kappa shape index (κ1) is 20.3. The number of halogens is 1. The van der Waals surface area contributed by atoms with Gasteiger partial charge in [0.05, 0.1) is 5.56 Å². The summed E-state index contributed by atoms with van der Waals surface area (Å²) in [6.45, 7) is 1.43. The highest BCUT2D eigenvalue weighted by Crippen LogP contribution is 2.19. The van der Waals surface area contributed by atoms with Crippen LogP contribution in [0.1, 0.15) is 33.6 Å². The van der Waals surface area contributed by atoms with Crippen molar-refractivity contribution in [1.29, 1.82) is 0 Å². The number of hydrogen-bond donors (Lipinski definition) is 3. The zero-order valence-corrected chi connectivity index (χ0v) is 15.7. The van der Waals surface area contributed by atoms with Gasteiger partial charge in [-0.3, -0.25) is 4.79 Å². The molecule has 1 atom stereocenters. The van der Waals surface area contributed by atoms with Crippen LogP contribution in [0.3, 0.4) is 0 Å². The van der Waals surface area contributed by atoms with Gasteiger partial charge in [0, 0.05) is 30.9 Å². The van der Waals surface area contributed by atoms with Crippen LogP contribution in [0.2, 0.25) is 0 Å². The zero-order chi connectivity index (χ0) is 20.8. The molecule has 0 spiro atoms. The maximum absolute atomic E-state index is 13.2. The molecule has 0 radical (unpaired) electrons. The number of benzene rings is 2. The number of rotatable bonds is 5. The summed E-state index contributed by atoms with van der Waals surface area (Å²) in [4.78, 5) is 37.5. The highest BCUT2D eigenvalue weighted by molar-refractivity contribution is 5.97. The Bertz CT molecular complexity index is 918. The van der Waals surface area contributed by atoms with Gasteiger partial charge in [0.15, 0.2) is 0 Å². The summed E-state index contributed by atoms with van der Waals surface area (Å²) in [5, 5.41) is 14.4. The standard InChI is InChI=1S/C21H22FN3O4/c22-17-7-2-8-18(11-17)24-21(29)23-12-14-4-3-9-25(13-14)19(26)15-5-1-6-16(10-15)20(27)28/h1-2,5-8,10-11,14H,3-4,9,12-13H2,(H,27,28)(H2,23,24,29). The lowest BCUT2D eigenvalue weighted by Crippen LogP contribution is -2.44. The molecular weight excluding hydrogens is 377 g/mol. The Balaban J connectivity index is 1.53. The first-order chi connectivity index (χ1) is 13.9. The number of urea groups is 1. The molecule has 3 rings (SSSR count). The normalized spacial score (nSPS) is 16.2. The Morgan fingerprint density at radius 1 is 1.10 bits per heavy atom. The molecule has 152 valence electrons. The van der Waals surface area contributed by atoms with Gasteiger partial charge in [-0.15, -0.1) is 0 Å². The van der Waals surface area contributed by atoms with Crippen LogP contribution in [0.5, 0.6) is 0 Å². The summed E-state index contributed by atoms with van der Waals surface area (Å²) < 4.78 is 13.2. The van der Waals surface area contributed by atoms with Crippen LogP contribution in [0.15, 0.2) is 48.5 Å². The highest BCUT2D eigenvalue weighted by Gasteiger charge is 2.25. The molecule has 0 bridgehead atoms. The minimum atomic E-state index is -1.08. The van der Waals surface area contributed by atoms with E-state index in [0.717, 1.165) is 12.8 Å². The van der Waals surface area contributed by atoms with E-state index in [2.05, 4.69) is 10.6 Å². The van der Waals surface area contributed by atoms with Crippen LogP contribution in [0.25, 0.3) is 0 Å². The van der Waals surface area contributed by atoms with Gasteiger partial charge >= 0.3 is 12.0 Å². The third-order valence-electron chi connectivity index (χ3n) is 4.80. The summed E-state index contributed by atoms with van der Waals surface area (Å²) in [7, 11) is 0. The lowest BCUT2D eigenvalue weighted by Gasteiger charge is -2.33. The monoisotopic (exact) mass is 399 g/mol. The molecule has 1 saturated heterocycles. The highest BCUT2D eigenvalue weighted by atomic mass is 19.1. The summed E-state index contributed by atoms with van der Waals surface area (Å²) in [6.07, 6.45) is 1.65. The number of anilines is 1. The van der Waals surface area contributed by atoms with Gasteiger partial charge in [-0.05, 0) is 55.2 Å². The van der Waals surface area contributed by atoms with Crippen molar-refractivity contribution >= 4 is 23.6 Å². The molecule has 29 heavy (non-hydrogen) atoms. The van der Waals surface area contributed by atoms with Crippen LogP contribution in [-0.2, 0) is 0 Å². The van der Waals surface area contributed by atoms with Gasteiger partial charge in [-0.1, -0.05) is 12.1 Å². The minimum Gasteiger partial charge on any atom is -0.478 e. The molecule has 7 nitrogen and oxygen atoms in total. The quantitative estimate of drug-likeness (QED) is 0.719. The fraction of sp³-hybridized carbons (Fsp3) is 0.286. The number of carboxylic acid groups (broad SMARTS) is 1. The maximum Gasteiger partial charge on any atom is 0.335 e. The molecule has 2 aromatic carbocycles. The van der Waals surface area contributed by atoms with Gasteiger partial charge in [0.1, 0.15) is 5.82 Å². The van der Waals surface area contributed by atoms with Crippen molar-refractivity contribution in [1.82, 2.24) is 10.2 Å². The predicted octanol–water partition coefficient (Wildman–Crippen LogP) is 3.20. The Labute approximate surface area is 167 Å². The van der Waals surface area contributed by atoms with Crippen LogP contribution in [0.4, 0.5) is 14.9 Å². The van der Waals surface area contributed by atoms with Crippen LogP contribution < -0.4 is 10.6 Å². The van der Waals surface area contributed by atoms with Crippen LogP contribution in [-0.4, -0.2) is 47.5 Å². The summed E-state index contributed by atoms with van der Waals surface area (Å²) in [6, 6.07) is 11.2. The molecule has 3 amide bonds. The van der Waals surface area contributed by atoms with Crippen molar-refractivity contribution in [3.8, 4) is 0 Å². The third-order valence-corrected chi connectivity index (χ3v) is 4.80. The average Bonchev–Trinajstić information content (AvgIpc) is 2.72. The predicted molar refractivity (Wildman–Crippen MR) is 105 cm³/mol. The first-order valence-electron chi connectivity index (χ1n) is 9.35. The molecule has 1 unspecified atom stereocenters. The summed E-state index contributed by atoms with van der Waals surface area (Å²) >= 11 is 0. The van der Waals surface area contributed by atoms with Crippen molar-refractivity contribution in [3.63, 3.8) is 0 Å². The number of aromatic carboxylic acids is 1. The van der Waals surface area contributed by atoms with Gasteiger partial charge < -0.3 is 20.6 Å². The van der Waals surface area contributed by atoms with Crippen molar-refractivity contribution in [2.75, 3.05) is 25.0 Å². The molecule has 3 N–H and O–H groups in total. The van der Waals surface area contributed by atoms with Gasteiger partial charge in [-0.2, -0.15) is 0 Å². The fourth-order valence-electron chi connectivity index (χ4n) is 3.36. The molecule has 1 fully saturated rings. The number of carbonyl (C=O) groups excluding carboxylic acids is 2. The molecule has 1 heterocycles. The summed E-state index contributed by atoms with van der Waals surface area (Å²) in [5.74, 6) is -1.66. The number of amides is 3. The zero-order valence-electron chi connectivity index (χ0n) is 15.7. The minimum absolute atomic E-state index is 0.0695. The van der Waals surface area contributed by atoms with E-state index < -0.39 is 17.8 Å². The third kappa shape index (κ3) is 5.54. The number of nitrogens with one attached hydrogen (secondary N) is 2. The molecule has 2 aromatic rings. The van der Waals surface area contributed by atoms with E-state index in [1.807, 2.05) is 0 Å². The fourth-order valence-corrected chi connectivity index (χ4v) is 3.36. The van der Waals surface area contributed by atoms with Crippen molar-refractivity contribution in [2.24, 2.45) is 5.92 Å². The summed E-state index contributed by atoms with van der Waals surface area (Å²) in [5.41, 5.74) is 0.767. The SMILES string of the molecule is O=C(NCC1CCCN(C(=O)c2cccc(C(=O)O)c2)C1)Nc1cccc(F)c1. The maximum atomic E-state index is 13.2. The number of carboxylic acids is 1. The van der Waals surface area contributed by atoms with E-state index in [1.165, 1.54) is 30.3 Å². The Hall–Kier alpha value is -3.42. The number of likely N-dealkylation sites (tertiary alicyclic amines) is 1. The van der Waals surface area contributed by atoms with Crippen molar-refractivity contribution in [2.45, 2.75) is 12.8 Å². The van der Waals surface area contributed by atoms with Crippen molar-refractivity contribution < 1.29 is 23.9 Å². The van der Waals surface area contributed by atoms with E-state index in [9.17, 15) is 18.8 Å². The van der Waals surface area contributed by atoms with E-state index in [-0.39, 0.29) is 17.4 Å². The second-order valence-electron chi connectivity index (χ2n) is 6.99. The number of hydrogen-bond acceptors (Lipinski definition) is 3. The molecule has 1 aliphatic heterocycles. The van der Waals surface area contributed by atoms with E-state index in [0.29, 0.717) is 30.9 Å². The second kappa shape index (κ2) is 9.18. The van der Waals surface area contributed by atoms with Crippen LogP contribution in [0, 0.1) is 11.7 Å². The van der Waals surface area contributed by atoms with E-state index in [1.54, 1.807) is 23.1 Å². The van der Waals surface area contributed by atoms with Crippen LogP contribution >= 0.6 is 0 Å². The number of nitrogens with zero attached hydrogens (tertiary/aromatic N) is 1. The lowest BCUT2D eigenvalue weighted by molar-refractivity contribution is 0.0675. The molecule has 1 aliphatic rings. The number of piperidine rings is 1. The Morgan fingerprint density at radius 2 is 1.86 bits per heavy atom. The first-order valence-corrected chi connectivity index (χ1v) is 9.35. The molecular formula is C21H22FN3O4. The smallest absolute Gasteiger partial charge is 0.335 e. The van der Waals surface area contributed by atoms with E-state index in [4.69, 9.17) is 5.11 Å². The molecule has 8 heteroatoms. The molecule has 0 aromatic heterocycles. The molecule has 0 saturated carbocycles. The largest absolute Gasteiger partial charge is 0.478 e. The van der Waals surface area contributed by atoms with Gasteiger partial charge in [0.25, 0.3) is 5.91 Å². The van der Waals surface area contributed by atoms with Crippen molar-refractivity contribution in [3.05, 3.63) is 65.5 Å². The topological polar surface area (TPSA) is 98.7 Å². The number of carbonyl (C=O) groups is 3. The van der Waals surface area contributed by atoms with E-state index >= 15 is 0 Å². The van der Waals surface area contributed by atoms with Gasteiger partial charge in [-0.25, -0.2) is 14.0 Å². The van der Waals surface area contributed by atoms with Gasteiger partial charge in [0.2, 0.25) is 0 Å². The Morgan fingerprint density at radius 3 is 2.62 bits per heavy atom. The average molecular weight is 399 g/mol. The lowest BCUT2D eigenvalue weighted by atomic mass is 9.97. The second-order valence-corrected chi connectivity index (χ2v) is 6.99. The molecule has 0 aliphatic carbocycles.